The molecule has 3 nitrogen and oxygen atoms in total. The van der Waals surface area contributed by atoms with E-state index in [2.05, 4.69) is 12.2 Å². The molecule has 0 spiro atoms. The summed E-state index contributed by atoms with van der Waals surface area (Å²) in [5.74, 6) is 2.62. The van der Waals surface area contributed by atoms with Gasteiger partial charge in [0.15, 0.2) is 0 Å². The Morgan fingerprint density at radius 1 is 1.11 bits per heavy atom. The van der Waals surface area contributed by atoms with Crippen LogP contribution in [0.1, 0.15) is 39.0 Å². The zero-order valence-corrected chi connectivity index (χ0v) is 12.2. The van der Waals surface area contributed by atoms with Crippen LogP contribution in [0.2, 0.25) is 0 Å². The minimum absolute atomic E-state index is 0.574. The summed E-state index contributed by atoms with van der Waals surface area (Å²) >= 11 is 0. The fourth-order valence-corrected chi connectivity index (χ4v) is 2.85. The molecular weight excluding hydrogens is 238 g/mol. The van der Waals surface area contributed by atoms with Crippen LogP contribution in [0.5, 0.6) is 11.5 Å². The van der Waals surface area contributed by atoms with Crippen LogP contribution in [0.25, 0.3) is 0 Å². The number of rotatable bonds is 5. The molecule has 1 aliphatic rings. The standard InChI is InChI=1S/C16H25NO2/c1-4-12-5-7-13(8-6-12)17-15-10-9-14(18-2)11-16(15)19-3/h9-13,17H,4-8H2,1-3H3. The van der Waals surface area contributed by atoms with Crippen molar-refractivity contribution in [3.8, 4) is 11.5 Å². The van der Waals surface area contributed by atoms with Gasteiger partial charge in [0.1, 0.15) is 11.5 Å². The second kappa shape index (κ2) is 6.69. The van der Waals surface area contributed by atoms with E-state index in [9.17, 15) is 0 Å². The van der Waals surface area contributed by atoms with E-state index in [4.69, 9.17) is 9.47 Å². The Morgan fingerprint density at radius 2 is 1.84 bits per heavy atom. The van der Waals surface area contributed by atoms with Crippen molar-refractivity contribution in [1.29, 1.82) is 0 Å². The minimum atomic E-state index is 0.574. The third kappa shape index (κ3) is 3.55. The van der Waals surface area contributed by atoms with E-state index >= 15 is 0 Å². The van der Waals surface area contributed by atoms with Gasteiger partial charge in [-0.25, -0.2) is 0 Å². The Balaban J connectivity index is 1.99. The Labute approximate surface area is 116 Å². The summed E-state index contributed by atoms with van der Waals surface area (Å²) in [5.41, 5.74) is 1.07. The van der Waals surface area contributed by atoms with Crippen LogP contribution in [0.3, 0.4) is 0 Å². The molecule has 1 fully saturated rings. The fourth-order valence-electron chi connectivity index (χ4n) is 2.85. The topological polar surface area (TPSA) is 30.5 Å². The van der Waals surface area contributed by atoms with Crippen molar-refractivity contribution in [2.75, 3.05) is 19.5 Å². The van der Waals surface area contributed by atoms with Gasteiger partial charge in [-0.15, -0.1) is 0 Å². The van der Waals surface area contributed by atoms with Crippen molar-refractivity contribution in [3.05, 3.63) is 18.2 Å². The minimum Gasteiger partial charge on any atom is -0.497 e. The summed E-state index contributed by atoms with van der Waals surface area (Å²) in [6.45, 7) is 2.30. The van der Waals surface area contributed by atoms with Crippen LogP contribution >= 0.6 is 0 Å². The number of benzene rings is 1. The molecule has 0 saturated heterocycles. The third-order valence-electron chi connectivity index (χ3n) is 4.19. The van der Waals surface area contributed by atoms with Crippen LogP contribution in [0.15, 0.2) is 18.2 Å². The first-order chi connectivity index (χ1) is 9.26. The van der Waals surface area contributed by atoms with Gasteiger partial charge in [-0.1, -0.05) is 13.3 Å². The van der Waals surface area contributed by atoms with E-state index in [0.29, 0.717) is 6.04 Å². The van der Waals surface area contributed by atoms with Gasteiger partial charge in [0.05, 0.1) is 19.9 Å². The number of nitrogens with one attached hydrogen (secondary N) is 1. The number of ether oxygens (including phenoxy) is 2. The lowest BCUT2D eigenvalue weighted by Crippen LogP contribution is -2.26. The van der Waals surface area contributed by atoms with Crippen LogP contribution in [0.4, 0.5) is 5.69 Å². The maximum absolute atomic E-state index is 5.43. The Morgan fingerprint density at radius 3 is 2.42 bits per heavy atom. The van der Waals surface area contributed by atoms with E-state index in [-0.39, 0.29) is 0 Å². The van der Waals surface area contributed by atoms with Crippen LogP contribution in [-0.4, -0.2) is 20.3 Å². The molecule has 0 bridgehead atoms. The normalized spacial score (nSPS) is 22.9. The van der Waals surface area contributed by atoms with Gasteiger partial charge in [-0.05, 0) is 43.7 Å². The molecule has 0 heterocycles. The first-order valence-electron chi connectivity index (χ1n) is 7.25. The molecular formula is C16H25NO2. The molecule has 0 radical (unpaired) electrons. The van der Waals surface area contributed by atoms with Crippen molar-refractivity contribution in [3.63, 3.8) is 0 Å². The molecule has 1 N–H and O–H groups in total. The monoisotopic (exact) mass is 263 g/mol. The molecule has 106 valence electrons. The smallest absolute Gasteiger partial charge is 0.145 e. The Kier molecular flexibility index (Phi) is 4.94. The molecule has 0 aliphatic heterocycles. The maximum Gasteiger partial charge on any atom is 0.145 e. The summed E-state index contributed by atoms with van der Waals surface area (Å²) in [6, 6.07) is 6.52. The van der Waals surface area contributed by atoms with E-state index in [1.165, 1.54) is 32.1 Å². The number of anilines is 1. The van der Waals surface area contributed by atoms with Gasteiger partial charge in [0.2, 0.25) is 0 Å². The van der Waals surface area contributed by atoms with Gasteiger partial charge < -0.3 is 14.8 Å². The van der Waals surface area contributed by atoms with Crippen LogP contribution < -0.4 is 14.8 Å². The molecule has 19 heavy (non-hydrogen) atoms. The Bertz CT molecular complexity index is 398. The summed E-state index contributed by atoms with van der Waals surface area (Å²) in [7, 11) is 3.38. The SMILES string of the molecule is CCC1CCC(Nc2ccc(OC)cc2OC)CC1. The number of methoxy groups -OCH3 is 2. The van der Waals surface area contributed by atoms with E-state index < -0.39 is 0 Å². The average molecular weight is 263 g/mol. The molecule has 1 saturated carbocycles. The second-order valence-corrected chi connectivity index (χ2v) is 5.34. The third-order valence-corrected chi connectivity index (χ3v) is 4.19. The van der Waals surface area contributed by atoms with E-state index in [1.54, 1.807) is 14.2 Å². The summed E-state index contributed by atoms with van der Waals surface area (Å²) < 4.78 is 10.7. The maximum atomic E-state index is 5.43. The highest BCUT2D eigenvalue weighted by atomic mass is 16.5. The van der Waals surface area contributed by atoms with Crippen LogP contribution in [-0.2, 0) is 0 Å². The van der Waals surface area contributed by atoms with Gasteiger partial charge >= 0.3 is 0 Å². The van der Waals surface area contributed by atoms with Crippen molar-refractivity contribution in [1.82, 2.24) is 0 Å². The molecule has 0 unspecified atom stereocenters. The summed E-state index contributed by atoms with van der Waals surface area (Å²) in [4.78, 5) is 0. The van der Waals surface area contributed by atoms with Crippen molar-refractivity contribution < 1.29 is 9.47 Å². The highest BCUT2D eigenvalue weighted by molar-refractivity contribution is 5.59. The average Bonchev–Trinajstić information content (AvgIpc) is 2.48. The van der Waals surface area contributed by atoms with Crippen molar-refractivity contribution >= 4 is 5.69 Å². The lowest BCUT2D eigenvalue weighted by molar-refractivity contribution is 0.329. The largest absolute Gasteiger partial charge is 0.497 e. The first-order valence-corrected chi connectivity index (χ1v) is 7.25. The first kappa shape index (κ1) is 14.0. The van der Waals surface area contributed by atoms with Gasteiger partial charge in [0, 0.05) is 12.1 Å². The van der Waals surface area contributed by atoms with Gasteiger partial charge in [-0.2, -0.15) is 0 Å². The van der Waals surface area contributed by atoms with E-state index in [0.717, 1.165) is 23.1 Å². The quantitative estimate of drug-likeness (QED) is 0.868. The lowest BCUT2D eigenvalue weighted by atomic mass is 9.84. The molecule has 3 heteroatoms. The predicted octanol–water partition coefficient (Wildman–Crippen LogP) is 4.08. The predicted molar refractivity (Wildman–Crippen MR) is 79.2 cm³/mol. The van der Waals surface area contributed by atoms with Crippen molar-refractivity contribution in [2.45, 2.75) is 45.1 Å². The van der Waals surface area contributed by atoms with Crippen LogP contribution in [0, 0.1) is 5.92 Å². The zero-order chi connectivity index (χ0) is 13.7. The number of hydrogen-bond acceptors (Lipinski definition) is 3. The molecule has 2 rings (SSSR count). The van der Waals surface area contributed by atoms with Crippen molar-refractivity contribution in [2.24, 2.45) is 5.92 Å². The molecule has 1 aromatic rings. The second-order valence-electron chi connectivity index (χ2n) is 5.34. The molecule has 0 amide bonds. The molecule has 0 atom stereocenters. The molecule has 1 aliphatic carbocycles. The lowest BCUT2D eigenvalue weighted by Gasteiger charge is -2.29. The summed E-state index contributed by atoms with van der Waals surface area (Å²) in [6.07, 6.45) is 6.51. The highest BCUT2D eigenvalue weighted by Crippen LogP contribution is 2.33. The fraction of sp³-hybridized carbons (Fsp3) is 0.625. The summed E-state index contributed by atoms with van der Waals surface area (Å²) in [5, 5.41) is 3.62. The van der Waals surface area contributed by atoms with Gasteiger partial charge in [-0.3, -0.25) is 0 Å². The Hall–Kier alpha value is -1.38. The molecule has 1 aromatic carbocycles. The molecule has 0 aromatic heterocycles. The van der Waals surface area contributed by atoms with E-state index in [1.807, 2.05) is 18.2 Å². The number of hydrogen-bond donors (Lipinski definition) is 1. The highest BCUT2D eigenvalue weighted by Gasteiger charge is 2.20. The van der Waals surface area contributed by atoms with Gasteiger partial charge in [0.25, 0.3) is 0 Å². The zero-order valence-electron chi connectivity index (χ0n) is 12.2.